The third kappa shape index (κ3) is 4.21. The van der Waals surface area contributed by atoms with Crippen LogP contribution in [0.15, 0.2) is 24.4 Å². The largest absolute Gasteiger partial charge is 0.393 e. The summed E-state index contributed by atoms with van der Waals surface area (Å²) in [5, 5.41) is 14.1. The predicted octanol–water partition coefficient (Wildman–Crippen LogP) is 1.43. The van der Waals surface area contributed by atoms with Gasteiger partial charge in [-0.3, -0.25) is 0 Å². The zero-order chi connectivity index (χ0) is 19.7. The summed E-state index contributed by atoms with van der Waals surface area (Å²) in [6.07, 6.45) is 5.89. The number of fused-ring (bicyclic) bond motifs is 1. The van der Waals surface area contributed by atoms with Gasteiger partial charge in [0.25, 0.3) is 0 Å². The highest BCUT2D eigenvalue weighted by Gasteiger charge is 2.25. The molecule has 0 spiro atoms. The van der Waals surface area contributed by atoms with Crippen LogP contribution in [0.3, 0.4) is 0 Å². The molecule has 2 fully saturated rings. The number of hydrogen-bond acceptors (Lipinski definition) is 7. The van der Waals surface area contributed by atoms with E-state index >= 15 is 0 Å². The number of hydrogen-bond donors (Lipinski definition) is 2. The third-order valence-corrected chi connectivity index (χ3v) is 6.95. The quantitative estimate of drug-likeness (QED) is 0.794. The molecule has 0 atom stereocenters. The molecule has 8 nitrogen and oxygen atoms in total. The summed E-state index contributed by atoms with van der Waals surface area (Å²) in [5.74, 6) is 0.579. The van der Waals surface area contributed by atoms with Crippen LogP contribution in [0.25, 0.3) is 10.9 Å². The molecule has 0 bridgehead atoms. The van der Waals surface area contributed by atoms with E-state index in [9.17, 15) is 13.5 Å². The van der Waals surface area contributed by atoms with Gasteiger partial charge in [0.05, 0.1) is 23.6 Å². The lowest BCUT2D eigenvalue weighted by Gasteiger charge is -2.32. The zero-order valence-corrected chi connectivity index (χ0v) is 16.9. The van der Waals surface area contributed by atoms with Crippen LogP contribution in [-0.4, -0.2) is 72.4 Å². The van der Waals surface area contributed by atoms with Crippen molar-refractivity contribution in [2.24, 2.45) is 0 Å². The summed E-state index contributed by atoms with van der Waals surface area (Å²) >= 11 is 0. The van der Waals surface area contributed by atoms with Gasteiger partial charge in [0, 0.05) is 43.8 Å². The summed E-state index contributed by atoms with van der Waals surface area (Å²) in [5.41, 5.74) is 1.98. The van der Waals surface area contributed by atoms with Crippen LogP contribution in [0.1, 0.15) is 25.7 Å². The Morgan fingerprint density at radius 1 is 1.11 bits per heavy atom. The van der Waals surface area contributed by atoms with Crippen molar-refractivity contribution in [2.45, 2.75) is 37.8 Å². The molecule has 2 saturated heterocycles. The molecule has 2 aliphatic rings. The fourth-order valence-corrected chi connectivity index (χ4v) is 4.86. The molecular weight excluding hydrogens is 378 g/mol. The Morgan fingerprint density at radius 2 is 1.82 bits per heavy atom. The maximum absolute atomic E-state index is 11.7. The molecule has 0 amide bonds. The van der Waals surface area contributed by atoms with E-state index in [2.05, 4.69) is 21.3 Å². The van der Waals surface area contributed by atoms with Crippen LogP contribution in [0.2, 0.25) is 0 Å². The van der Waals surface area contributed by atoms with Crippen LogP contribution in [0, 0.1) is 0 Å². The summed E-state index contributed by atoms with van der Waals surface area (Å²) in [4.78, 5) is 11.5. The van der Waals surface area contributed by atoms with Gasteiger partial charge in [0.1, 0.15) is 0 Å². The van der Waals surface area contributed by atoms with Crippen LogP contribution >= 0.6 is 0 Å². The summed E-state index contributed by atoms with van der Waals surface area (Å²) in [7, 11) is -3.12. The average molecular weight is 406 g/mol. The SMILES string of the molecule is CS(=O)(=O)N1CCC(Nc2ncc3cccc(N4CCC(O)CC4)c3n2)CC1. The Kier molecular flexibility index (Phi) is 5.39. The summed E-state index contributed by atoms with van der Waals surface area (Å²) in [6.45, 7) is 2.67. The van der Waals surface area contributed by atoms with Crippen molar-refractivity contribution >= 4 is 32.6 Å². The molecule has 0 unspecified atom stereocenters. The monoisotopic (exact) mass is 405 g/mol. The highest BCUT2D eigenvalue weighted by molar-refractivity contribution is 7.88. The molecule has 2 aromatic rings. The molecule has 4 rings (SSSR count). The maximum Gasteiger partial charge on any atom is 0.223 e. The van der Waals surface area contributed by atoms with Gasteiger partial charge in [-0.15, -0.1) is 0 Å². The number of nitrogens with one attached hydrogen (secondary N) is 1. The number of rotatable bonds is 4. The molecule has 2 N–H and O–H groups in total. The van der Waals surface area contributed by atoms with Gasteiger partial charge in [0.15, 0.2) is 0 Å². The van der Waals surface area contributed by atoms with Crippen LogP contribution in [0.4, 0.5) is 11.6 Å². The lowest BCUT2D eigenvalue weighted by molar-refractivity contribution is 0.145. The van der Waals surface area contributed by atoms with Crippen molar-refractivity contribution in [1.82, 2.24) is 14.3 Å². The number of sulfonamides is 1. The maximum atomic E-state index is 11.7. The second kappa shape index (κ2) is 7.81. The molecule has 1 aromatic heterocycles. The van der Waals surface area contributed by atoms with Crippen molar-refractivity contribution in [3.8, 4) is 0 Å². The zero-order valence-electron chi connectivity index (χ0n) is 16.1. The molecule has 0 aliphatic carbocycles. The van der Waals surface area contributed by atoms with Gasteiger partial charge in [-0.25, -0.2) is 22.7 Å². The minimum Gasteiger partial charge on any atom is -0.393 e. The molecule has 1 aromatic carbocycles. The van der Waals surface area contributed by atoms with Crippen molar-refractivity contribution < 1.29 is 13.5 Å². The first-order chi connectivity index (χ1) is 13.4. The van der Waals surface area contributed by atoms with E-state index in [4.69, 9.17) is 4.98 Å². The lowest BCUT2D eigenvalue weighted by Crippen LogP contribution is -2.42. The highest BCUT2D eigenvalue weighted by atomic mass is 32.2. The molecule has 9 heteroatoms. The van der Waals surface area contributed by atoms with Gasteiger partial charge >= 0.3 is 0 Å². The van der Waals surface area contributed by atoms with Gasteiger partial charge in [-0.1, -0.05) is 12.1 Å². The van der Waals surface area contributed by atoms with Gasteiger partial charge in [-0.2, -0.15) is 0 Å². The normalized spacial score (nSPS) is 20.6. The number of benzene rings is 1. The summed E-state index contributed by atoms with van der Waals surface area (Å²) < 4.78 is 24.9. The topological polar surface area (TPSA) is 98.7 Å². The van der Waals surface area contributed by atoms with E-state index in [1.165, 1.54) is 10.6 Å². The van der Waals surface area contributed by atoms with Gasteiger partial charge < -0.3 is 15.3 Å². The van der Waals surface area contributed by atoms with Crippen LogP contribution in [-0.2, 0) is 10.0 Å². The van der Waals surface area contributed by atoms with E-state index in [-0.39, 0.29) is 12.1 Å². The lowest BCUT2D eigenvalue weighted by atomic mass is 10.1. The van der Waals surface area contributed by atoms with E-state index in [0.717, 1.165) is 55.4 Å². The Labute approximate surface area is 165 Å². The molecule has 0 radical (unpaired) electrons. The van der Waals surface area contributed by atoms with Gasteiger partial charge in [0.2, 0.25) is 16.0 Å². The van der Waals surface area contributed by atoms with Crippen LogP contribution in [0.5, 0.6) is 0 Å². The van der Waals surface area contributed by atoms with E-state index in [0.29, 0.717) is 19.0 Å². The Balaban J connectivity index is 1.51. The molecule has 152 valence electrons. The molecule has 2 aliphatic heterocycles. The Hall–Kier alpha value is -1.97. The molecule has 3 heterocycles. The average Bonchev–Trinajstić information content (AvgIpc) is 2.68. The highest BCUT2D eigenvalue weighted by Crippen LogP contribution is 2.28. The first-order valence-electron chi connectivity index (χ1n) is 9.80. The van der Waals surface area contributed by atoms with E-state index in [1.54, 1.807) is 0 Å². The number of aromatic nitrogens is 2. The third-order valence-electron chi connectivity index (χ3n) is 5.65. The number of nitrogens with zero attached hydrogens (tertiary/aromatic N) is 4. The van der Waals surface area contributed by atoms with Crippen molar-refractivity contribution in [2.75, 3.05) is 42.7 Å². The Bertz CT molecular complexity index is 936. The molecular formula is C19H27N5O3S. The van der Waals surface area contributed by atoms with Crippen LogP contribution < -0.4 is 10.2 Å². The first kappa shape index (κ1) is 19.4. The fourth-order valence-electron chi connectivity index (χ4n) is 3.99. The smallest absolute Gasteiger partial charge is 0.223 e. The first-order valence-corrected chi connectivity index (χ1v) is 11.7. The second-order valence-corrected chi connectivity index (χ2v) is 9.69. The number of aliphatic hydroxyl groups is 1. The number of anilines is 2. The number of piperidine rings is 2. The summed E-state index contributed by atoms with van der Waals surface area (Å²) in [6, 6.07) is 6.25. The fraction of sp³-hybridized carbons (Fsp3) is 0.579. The predicted molar refractivity (Wildman–Crippen MR) is 110 cm³/mol. The Morgan fingerprint density at radius 3 is 2.50 bits per heavy atom. The van der Waals surface area contributed by atoms with E-state index < -0.39 is 10.0 Å². The van der Waals surface area contributed by atoms with Crippen molar-refractivity contribution in [1.29, 1.82) is 0 Å². The molecule has 28 heavy (non-hydrogen) atoms. The van der Waals surface area contributed by atoms with Crippen molar-refractivity contribution in [3.05, 3.63) is 24.4 Å². The second-order valence-electron chi connectivity index (χ2n) is 7.71. The number of para-hydroxylation sites is 1. The van der Waals surface area contributed by atoms with Crippen molar-refractivity contribution in [3.63, 3.8) is 0 Å². The molecule has 0 saturated carbocycles. The standard InChI is InChI=1S/C19H27N5O3S/c1-28(26,27)24-11-5-15(6-12-24)21-19-20-13-14-3-2-4-17(18(14)22-19)23-9-7-16(25)8-10-23/h2-4,13,15-16,25H,5-12H2,1H3,(H,20,21,22). The van der Waals surface area contributed by atoms with E-state index in [1.807, 2.05) is 18.3 Å². The minimum atomic E-state index is -3.12. The number of aliphatic hydroxyl groups excluding tert-OH is 1. The minimum absolute atomic E-state index is 0.160. The van der Waals surface area contributed by atoms with Gasteiger partial charge in [-0.05, 0) is 31.7 Å².